The van der Waals surface area contributed by atoms with Crippen molar-refractivity contribution in [3.05, 3.63) is 27.9 Å². The number of pyridine rings is 1. The van der Waals surface area contributed by atoms with Gasteiger partial charge < -0.3 is 15.4 Å². The zero-order valence-electron chi connectivity index (χ0n) is 11.5. The average Bonchev–Trinajstić information content (AvgIpc) is 2.43. The highest BCUT2D eigenvalue weighted by atomic mass is 16.6. The Morgan fingerprint density at radius 2 is 2.25 bits per heavy atom. The molecule has 110 valence electrons. The van der Waals surface area contributed by atoms with Gasteiger partial charge in [0.2, 0.25) is 0 Å². The molecule has 1 aromatic rings. The van der Waals surface area contributed by atoms with Crippen molar-refractivity contribution in [3.8, 4) is 0 Å². The van der Waals surface area contributed by atoms with Gasteiger partial charge in [-0.1, -0.05) is 0 Å². The maximum absolute atomic E-state index is 12.0. The smallest absolute Gasteiger partial charge is 0.300 e. The van der Waals surface area contributed by atoms with Crippen LogP contribution >= 0.6 is 0 Å². The number of hydrogen-bond donors (Lipinski definition) is 2. The lowest BCUT2D eigenvalue weighted by Crippen LogP contribution is -2.28. The average molecular weight is 282 g/mol. The highest BCUT2D eigenvalue weighted by molar-refractivity contribution is 5.98. The van der Waals surface area contributed by atoms with Crippen LogP contribution in [0, 0.1) is 10.1 Å². The minimum absolute atomic E-state index is 0.0163. The van der Waals surface area contributed by atoms with E-state index in [-0.39, 0.29) is 11.3 Å². The van der Waals surface area contributed by atoms with Gasteiger partial charge in [0.1, 0.15) is 17.6 Å². The van der Waals surface area contributed by atoms with Crippen molar-refractivity contribution in [2.45, 2.75) is 13.8 Å². The van der Waals surface area contributed by atoms with E-state index < -0.39 is 10.8 Å². The topological polar surface area (TPSA) is 106 Å². The van der Waals surface area contributed by atoms with E-state index in [1.807, 2.05) is 13.8 Å². The summed E-state index contributed by atoms with van der Waals surface area (Å²) in [6.45, 7) is 5.53. The van der Waals surface area contributed by atoms with Crippen molar-refractivity contribution < 1.29 is 14.5 Å². The Labute approximate surface area is 116 Å². The summed E-state index contributed by atoms with van der Waals surface area (Å²) >= 11 is 0. The van der Waals surface area contributed by atoms with Gasteiger partial charge >= 0.3 is 0 Å². The Kier molecular flexibility index (Phi) is 6.38. The number of nitrogens with zero attached hydrogens (tertiary/aromatic N) is 2. The number of amides is 1. The predicted octanol–water partition coefficient (Wildman–Crippen LogP) is 1.19. The highest BCUT2D eigenvalue weighted by Gasteiger charge is 2.21. The molecule has 1 heterocycles. The first-order chi connectivity index (χ1) is 9.60. The van der Waals surface area contributed by atoms with Crippen LogP contribution in [0.5, 0.6) is 0 Å². The first-order valence-corrected chi connectivity index (χ1v) is 6.34. The fourth-order valence-corrected chi connectivity index (χ4v) is 1.53. The van der Waals surface area contributed by atoms with Crippen molar-refractivity contribution in [1.29, 1.82) is 0 Å². The minimum Gasteiger partial charge on any atom is -0.380 e. The van der Waals surface area contributed by atoms with Crippen LogP contribution in [0.25, 0.3) is 0 Å². The predicted molar refractivity (Wildman–Crippen MR) is 73.9 cm³/mol. The van der Waals surface area contributed by atoms with Crippen LogP contribution in [0.3, 0.4) is 0 Å². The second-order valence-corrected chi connectivity index (χ2v) is 3.83. The molecule has 20 heavy (non-hydrogen) atoms. The first kappa shape index (κ1) is 15.8. The molecule has 1 aromatic heterocycles. The third-order valence-corrected chi connectivity index (χ3v) is 2.42. The second-order valence-electron chi connectivity index (χ2n) is 3.83. The molecule has 2 N–H and O–H groups in total. The van der Waals surface area contributed by atoms with Gasteiger partial charge in [-0.25, -0.2) is 4.98 Å². The highest BCUT2D eigenvalue weighted by Crippen LogP contribution is 2.20. The first-order valence-electron chi connectivity index (χ1n) is 6.34. The molecule has 1 rings (SSSR count). The molecule has 0 saturated heterocycles. The number of aromatic nitrogens is 1. The van der Waals surface area contributed by atoms with Crippen LogP contribution in [0.15, 0.2) is 12.3 Å². The zero-order chi connectivity index (χ0) is 15.0. The van der Waals surface area contributed by atoms with Crippen LogP contribution in [-0.2, 0) is 4.74 Å². The van der Waals surface area contributed by atoms with E-state index in [1.54, 1.807) is 0 Å². The lowest BCUT2D eigenvalue weighted by Gasteiger charge is -2.08. The Bertz CT molecular complexity index is 479. The van der Waals surface area contributed by atoms with E-state index in [9.17, 15) is 14.9 Å². The number of hydrogen-bond acceptors (Lipinski definition) is 6. The molecule has 0 unspecified atom stereocenters. The fraction of sp³-hybridized carbons (Fsp3) is 0.500. The lowest BCUT2D eigenvalue weighted by molar-refractivity contribution is -0.385. The molecule has 0 aliphatic rings. The molecule has 0 radical (unpaired) electrons. The summed E-state index contributed by atoms with van der Waals surface area (Å²) in [6.07, 6.45) is 1.08. The molecular formula is C12H18N4O4. The van der Waals surface area contributed by atoms with E-state index in [1.165, 1.54) is 6.07 Å². The van der Waals surface area contributed by atoms with Gasteiger partial charge in [-0.05, 0) is 13.8 Å². The van der Waals surface area contributed by atoms with E-state index in [2.05, 4.69) is 15.6 Å². The minimum atomic E-state index is -0.625. The molecule has 0 fully saturated rings. The van der Waals surface area contributed by atoms with E-state index in [0.717, 1.165) is 6.20 Å². The number of carbonyl (C=O) groups excluding carboxylic acids is 1. The third-order valence-electron chi connectivity index (χ3n) is 2.42. The monoisotopic (exact) mass is 282 g/mol. The molecule has 8 nitrogen and oxygen atoms in total. The maximum atomic E-state index is 12.0. The molecule has 0 aliphatic carbocycles. The summed E-state index contributed by atoms with van der Waals surface area (Å²) < 4.78 is 5.09. The number of ether oxygens (including phenoxy) is 1. The fourth-order valence-electron chi connectivity index (χ4n) is 1.53. The molecule has 0 bridgehead atoms. The van der Waals surface area contributed by atoms with Crippen molar-refractivity contribution >= 4 is 17.4 Å². The van der Waals surface area contributed by atoms with E-state index >= 15 is 0 Å². The molecule has 0 spiro atoms. The largest absolute Gasteiger partial charge is 0.380 e. The van der Waals surface area contributed by atoms with Crippen LogP contribution in [0.4, 0.5) is 11.5 Å². The van der Waals surface area contributed by atoms with Gasteiger partial charge in [0.25, 0.3) is 11.6 Å². The summed E-state index contributed by atoms with van der Waals surface area (Å²) in [6, 6.07) is 1.37. The molecule has 0 atom stereocenters. The summed E-state index contributed by atoms with van der Waals surface area (Å²) in [4.78, 5) is 26.1. The Hall–Kier alpha value is -2.22. The normalized spacial score (nSPS) is 10.1. The molecule has 0 aliphatic heterocycles. The number of rotatable bonds is 8. The van der Waals surface area contributed by atoms with Crippen LogP contribution in [0.1, 0.15) is 24.2 Å². The van der Waals surface area contributed by atoms with Gasteiger partial charge in [0.15, 0.2) is 0 Å². The van der Waals surface area contributed by atoms with Gasteiger partial charge in [0.05, 0.1) is 11.5 Å². The quantitative estimate of drug-likeness (QED) is 0.421. The zero-order valence-corrected chi connectivity index (χ0v) is 11.5. The van der Waals surface area contributed by atoms with Crippen molar-refractivity contribution in [3.63, 3.8) is 0 Å². The maximum Gasteiger partial charge on any atom is 0.300 e. The van der Waals surface area contributed by atoms with Crippen molar-refractivity contribution in [1.82, 2.24) is 10.3 Å². The molecule has 0 saturated carbocycles. The number of nitrogens with one attached hydrogen (secondary N) is 2. The summed E-state index contributed by atoms with van der Waals surface area (Å²) in [7, 11) is 0. The van der Waals surface area contributed by atoms with Crippen LogP contribution < -0.4 is 10.6 Å². The van der Waals surface area contributed by atoms with E-state index in [0.29, 0.717) is 32.1 Å². The van der Waals surface area contributed by atoms with Gasteiger partial charge in [0, 0.05) is 25.8 Å². The second kappa shape index (κ2) is 8.05. The SMILES string of the molecule is CCNc1cc(C(=O)NCCOCC)c([N+](=O)[O-])cn1. The summed E-state index contributed by atoms with van der Waals surface area (Å²) in [5, 5.41) is 16.4. The van der Waals surface area contributed by atoms with Crippen molar-refractivity contribution in [2.75, 3.05) is 31.6 Å². The molecule has 1 amide bonds. The molecule has 8 heteroatoms. The Morgan fingerprint density at radius 1 is 1.50 bits per heavy atom. The molecule has 0 aromatic carbocycles. The number of anilines is 1. The van der Waals surface area contributed by atoms with Gasteiger partial charge in [-0.2, -0.15) is 0 Å². The van der Waals surface area contributed by atoms with E-state index in [4.69, 9.17) is 4.74 Å². The lowest BCUT2D eigenvalue weighted by atomic mass is 10.2. The standard InChI is InChI=1S/C12H18N4O4/c1-3-13-11-7-9(10(8-15-11)16(18)19)12(17)14-5-6-20-4-2/h7-8H,3-6H2,1-2H3,(H,13,15)(H,14,17). The molecular weight excluding hydrogens is 264 g/mol. The summed E-state index contributed by atoms with van der Waals surface area (Å²) in [5.41, 5.74) is -0.335. The van der Waals surface area contributed by atoms with Gasteiger partial charge in [-0.3, -0.25) is 14.9 Å². The van der Waals surface area contributed by atoms with Gasteiger partial charge in [-0.15, -0.1) is 0 Å². The van der Waals surface area contributed by atoms with Crippen LogP contribution in [0.2, 0.25) is 0 Å². The Balaban J connectivity index is 2.85. The Morgan fingerprint density at radius 3 is 2.85 bits per heavy atom. The third kappa shape index (κ3) is 4.47. The summed E-state index contributed by atoms with van der Waals surface area (Å²) in [5.74, 6) is -0.0917. The van der Waals surface area contributed by atoms with Crippen LogP contribution in [-0.4, -0.2) is 42.1 Å². The number of nitro groups is 1. The number of carbonyl (C=O) groups is 1. The van der Waals surface area contributed by atoms with Crippen molar-refractivity contribution in [2.24, 2.45) is 0 Å².